The van der Waals surface area contributed by atoms with Gasteiger partial charge in [0.05, 0.1) is 0 Å². The number of hydrogen-bond donors (Lipinski definition) is 0. The summed E-state index contributed by atoms with van der Waals surface area (Å²) in [5.41, 5.74) is 0. The molecule has 0 aliphatic carbocycles. The largest absolute Gasteiger partial charge is 0.336 e. The fourth-order valence-corrected chi connectivity index (χ4v) is 2.27. The number of rotatable bonds is 3. The topological polar surface area (TPSA) is 18.8 Å². The van der Waals surface area contributed by atoms with E-state index in [0.29, 0.717) is 0 Å². The molecule has 6 heteroatoms. The molecule has 1 heterocycles. The molecule has 0 amide bonds. The highest BCUT2D eigenvalue weighted by atomic mass is 35.6. The third kappa shape index (κ3) is 3.05. The van der Waals surface area contributed by atoms with Gasteiger partial charge in [-0.05, 0) is 20.3 Å². The van der Waals surface area contributed by atoms with Crippen LogP contribution < -0.4 is 0 Å². The van der Waals surface area contributed by atoms with Crippen molar-refractivity contribution >= 4 is 41.1 Å². The molecule has 1 rings (SSSR count). The van der Waals surface area contributed by atoms with E-state index in [1.165, 1.54) is 0 Å². The zero-order valence-electron chi connectivity index (χ0n) is 9.12. The fourth-order valence-electron chi connectivity index (χ4n) is 1.60. The zero-order valence-corrected chi connectivity index (χ0v) is 11.4. The van der Waals surface area contributed by atoms with Crippen LogP contribution in [0, 0.1) is 0 Å². The van der Waals surface area contributed by atoms with Crippen molar-refractivity contribution in [3.63, 3.8) is 0 Å². The van der Waals surface area contributed by atoms with Gasteiger partial charge in [0.1, 0.15) is 6.34 Å². The lowest BCUT2D eigenvalue weighted by molar-refractivity contribution is 0.102. The van der Waals surface area contributed by atoms with Crippen LogP contribution in [0.4, 0.5) is 0 Å². The van der Waals surface area contributed by atoms with Gasteiger partial charge in [-0.2, -0.15) is 5.10 Å². The number of nitrogens with zero attached hydrogens (tertiary/aromatic N) is 3. The van der Waals surface area contributed by atoms with Gasteiger partial charge in [-0.25, -0.2) is 0 Å². The fraction of sp³-hybridized carbons (Fsp3) is 0.889. The van der Waals surface area contributed by atoms with E-state index in [1.54, 1.807) is 6.34 Å². The second kappa shape index (κ2) is 4.98. The highest BCUT2D eigenvalue weighted by Gasteiger charge is 2.44. The van der Waals surface area contributed by atoms with Crippen molar-refractivity contribution in [2.45, 2.75) is 43.2 Å². The average molecular weight is 273 g/mol. The Morgan fingerprint density at radius 2 is 2.00 bits per heavy atom. The lowest BCUT2D eigenvalue weighted by atomic mass is 10.3. The van der Waals surface area contributed by atoms with Gasteiger partial charge in [-0.1, -0.05) is 41.7 Å². The zero-order chi connectivity index (χ0) is 11.6. The molecule has 0 bridgehead atoms. The Kier molecular flexibility index (Phi) is 4.38. The van der Waals surface area contributed by atoms with Gasteiger partial charge in [0.15, 0.2) is 6.17 Å². The molecule has 1 aliphatic heterocycles. The highest BCUT2D eigenvalue weighted by molar-refractivity contribution is 6.68. The first-order valence-electron chi connectivity index (χ1n) is 5.02. The second-order valence-corrected chi connectivity index (χ2v) is 6.23. The first kappa shape index (κ1) is 13.2. The molecule has 0 saturated heterocycles. The smallest absolute Gasteiger partial charge is 0.230 e. The Hall–Kier alpha value is 0.140. The Morgan fingerprint density at radius 1 is 1.40 bits per heavy atom. The van der Waals surface area contributed by atoms with Crippen molar-refractivity contribution in [3.8, 4) is 0 Å². The van der Waals surface area contributed by atoms with Crippen LogP contribution in [0.5, 0.6) is 0 Å². The van der Waals surface area contributed by atoms with Crippen molar-refractivity contribution in [2.75, 3.05) is 6.54 Å². The summed E-state index contributed by atoms with van der Waals surface area (Å²) in [6.45, 7) is 6.97. The second-order valence-electron chi connectivity index (χ2n) is 3.86. The van der Waals surface area contributed by atoms with Crippen LogP contribution in [0.25, 0.3) is 0 Å². The van der Waals surface area contributed by atoms with Crippen LogP contribution >= 0.6 is 34.8 Å². The molecule has 3 nitrogen and oxygen atoms in total. The van der Waals surface area contributed by atoms with Crippen LogP contribution in [-0.2, 0) is 0 Å². The van der Waals surface area contributed by atoms with Crippen molar-refractivity contribution < 1.29 is 0 Å². The predicted molar refractivity (Wildman–Crippen MR) is 66.5 cm³/mol. The van der Waals surface area contributed by atoms with Gasteiger partial charge in [0, 0.05) is 12.6 Å². The van der Waals surface area contributed by atoms with Crippen LogP contribution in [0.2, 0.25) is 0 Å². The van der Waals surface area contributed by atoms with Gasteiger partial charge >= 0.3 is 0 Å². The normalized spacial score (nSPS) is 21.9. The molecule has 0 aromatic rings. The van der Waals surface area contributed by atoms with Gasteiger partial charge < -0.3 is 4.90 Å². The third-order valence-corrected chi connectivity index (χ3v) is 2.79. The maximum absolute atomic E-state index is 5.98. The quantitative estimate of drug-likeness (QED) is 0.735. The summed E-state index contributed by atoms with van der Waals surface area (Å²) in [4.78, 5) is 1.97. The van der Waals surface area contributed by atoms with Crippen molar-refractivity contribution in [1.29, 1.82) is 0 Å². The summed E-state index contributed by atoms with van der Waals surface area (Å²) in [5.74, 6) is 0. The molecule has 0 N–H and O–H groups in total. The maximum atomic E-state index is 5.98. The maximum Gasteiger partial charge on any atom is 0.230 e. The van der Waals surface area contributed by atoms with Gasteiger partial charge in [0.2, 0.25) is 3.79 Å². The number of alkyl halides is 3. The van der Waals surface area contributed by atoms with E-state index in [9.17, 15) is 0 Å². The molecule has 0 aromatic carbocycles. The molecule has 1 atom stereocenters. The molecule has 15 heavy (non-hydrogen) atoms. The molecular weight excluding hydrogens is 256 g/mol. The van der Waals surface area contributed by atoms with E-state index in [-0.39, 0.29) is 12.2 Å². The Labute approximate surface area is 106 Å². The monoisotopic (exact) mass is 271 g/mol. The highest BCUT2D eigenvalue weighted by Crippen LogP contribution is 2.37. The lowest BCUT2D eigenvalue weighted by Crippen LogP contribution is -2.50. The van der Waals surface area contributed by atoms with Gasteiger partial charge in [-0.15, -0.1) is 0 Å². The molecule has 0 fully saturated rings. The third-order valence-electron chi connectivity index (χ3n) is 2.20. The summed E-state index contributed by atoms with van der Waals surface area (Å²) >= 11 is 17.9. The molecular formula is C9H16Cl3N3. The molecule has 0 aromatic heterocycles. The number of hydrazone groups is 1. The molecule has 1 aliphatic rings. The van der Waals surface area contributed by atoms with E-state index in [2.05, 4.69) is 12.0 Å². The summed E-state index contributed by atoms with van der Waals surface area (Å²) in [7, 11) is 0. The first-order valence-corrected chi connectivity index (χ1v) is 6.16. The Morgan fingerprint density at radius 3 is 2.40 bits per heavy atom. The van der Waals surface area contributed by atoms with E-state index >= 15 is 0 Å². The Bertz CT molecular complexity index is 237. The van der Waals surface area contributed by atoms with Crippen molar-refractivity contribution in [1.82, 2.24) is 9.91 Å². The van der Waals surface area contributed by atoms with E-state index < -0.39 is 3.79 Å². The van der Waals surface area contributed by atoms with E-state index in [1.807, 2.05) is 23.8 Å². The lowest BCUT2D eigenvalue weighted by Gasteiger charge is -2.36. The van der Waals surface area contributed by atoms with Crippen molar-refractivity contribution in [2.24, 2.45) is 5.10 Å². The van der Waals surface area contributed by atoms with E-state index in [4.69, 9.17) is 34.8 Å². The van der Waals surface area contributed by atoms with Gasteiger partial charge in [0.25, 0.3) is 0 Å². The predicted octanol–water partition coefficient (Wildman–Crippen LogP) is 3.06. The van der Waals surface area contributed by atoms with Crippen LogP contribution in [-0.4, -0.2) is 38.8 Å². The summed E-state index contributed by atoms with van der Waals surface area (Å²) in [6.07, 6.45) is 2.44. The minimum atomic E-state index is -1.35. The van der Waals surface area contributed by atoms with Crippen LogP contribution in [0.15, 0.2) is 5.10 Å². The first-order chi connectivity index (χ1) is 6.88. The number of halogens is 3. The molecule has 0 saturated carbocycles. The van der Waals surface area contributed by atoms with Crippen molar-refractivity contribution in [3.05, 3.63) is 0 Å². The summed E-state index contributed by atoms with van der Waals surface area (Å²) in [6, 6.07) is 0.212. The summed E-state index contributed by atoms with van der Waals surface area (Å²) in [5, 5.41) is 6.09. The van der Waals surface area contributed by atoms with E-state index in [0.717, 1.165) is 13.0 Å². The summed E-state index contributed by atoms with van der Waals surface area (Å²) < 4.78 is -1.35. The Balaban J connectivity index is 2.82. The minimum absolute atomic E-state index is 0.212. The van der Waals surface area contributed by atoms with Gasteiger partial charge in [-0.3, -0.25) is 5.01 Å². The number of hydrogen-bond acceptors (Lipinski definition) is 3. The minimum Gasteiger partial charge on any atom is -0.336 e. The average Bonchev–Trinajstić information content (AvgIpc) is 2.47. The molecule has 0 radical (unpaired) electrons. The van der Waals surface area contributed by atoms with Crippen LogP contribution in [0.3, 0.4) is 0 Å². The SMILES string of the molecule is CCCN1C=NN(C(C)C)C1C(Cl)(Cl)Cl. The molecule has 1 unspecified atom stereocenters. The molecule has 0 spiro atoms. The van der Waals surface area contributed by atoms with Crippen LogP contribution in [0.1, 0.15) is 27.2 Å². The standard InChI is InChI=1S/C9H16Cl3N3/c1-4-5-14-6-13-15(7(2)3)8(14)9(10,11)12/h6-8H,4-5H2,1-3H3. The molecule has 88 valence electrons.